The molecular weight excluding hydrogens is 230 g/mol. The van der Waals surface area contributed by atoms with Crippen LogP contribution in [0.5, 0.6) is 0 Å². The SMILES string of the molecule is C=C(/C=C(\C)C(=O)CC(=O)C(=C)N=CC)OCC. The summed E-state index contributed by atoms with van der Waals surface area (Å²) in [7, 11) is 0. The van der Waals surface area contributed by atoms with Gasteiger partial charge < -0.3 is 4.74 Å². The molecule has 0 aromatic rings. The van der Waals surface area contributed by atoms with Crippen molar-refractivity contribution in [1.29, 1.82) is 0 Å². The maximum atomic E-state index is 11.7. The Morgan fingerprint density at radius 1 is 1.28 bits per heavy atom. The molecule has 0 bridgehead atoms. The van der Waals surface area contributed by atoms with Crippen molar-refractivity contribution in [3.63, 3.8) is 0 Å². The second kappa shape index (κ2) is 8.17. The number of hydrogen-bond acceptors (Lipinski definition) is 4. The van der Waals surface area contributed by atoms with Gasteiger partial charge in [0, 0.05) is 6.21 Å². The number of aliphatic imine (C=N–C) groups is 1. The summed E-state index contributed by atoms with van der Waals surface area (Å²) < 4.78 is 5.10. The maximum Gasteiger partial charge on any atom is 0.188 e. The van der Waals surface area contributed by atoms with Gasteiger partial charge in [-0.25, -0.2) is 0 Å². The minimum absolute atomic E-state index is 0.0854. The molecule has 0 aliphatic carbocycles. The van der Waals surface area contributed by atoms with Crippen LogP contribution in [0.2, 0.25) is 0 Å². The Morgan fingerprint density at radius 2 is 1.89 bits per heavy atom. The van der Waals surface area contributed by atoms with Crippen molar-refractivity contribution in [2.75, 3.05) is 6.61 Å². The standard InChI is InChI=1S/C14H19NO3/c1-6-15-12(5)14(17)9-13(16)10(3)8-11(4)18-7-2/h6,8H,4-5,7,9H2,1-3H3/b10-8+,15-6?. The number of carbonyl (C=O) groups excluding carboxylic acids is 2. The average Bonchev–Trinajstić information content (AvgIpc) is 2.29. The van der Waals surface area contributed by atoms with Gasteiger partial charge >= 0.3 is 0 Å². The Bertz CT molecular complexity index is 417. The van der Waals surface area contributed by atoms with E-state index in [0.717, 1.165) is 0 Å². The number of carbonyl (C=O) groups is 2. The van der Waals surface area contributed by atoms with Crippen LogP contribution in [0.25, 0.3) is 0 Å². The van der Waals surface area contributed by atoms with Crippen molar-refractivity contribution in [3.05, 3.63) is 36.3 Å². The van der Waals surface area contributed by atoms with E-state index in [4.69, 9.17) is 4.74 Å². The van der Waals surface area contributed by atoms with Crippen LogP contribution in [0.15, 0.2) is 41.3 Å². The van der Waals surface area contributed by atoms with Crippen LogP contribution in [-0.2, 0) is 14.3 Å². The molecule has 0 saturated heterocycles. The summed E-state index contributed by atoms with van der Waals surface area (Å²) in [5.41, 5.74) is 0.511. The lowest BCUT2D eigenvalue weighted by atomic mass is 10.1. The zero-order valence-electron chi connectivity index (χ0n) is 11.2. The van der Waals surface area contributed by atoms with E-state index < -0.39 is 0 Å². The second-order valence-corrected chi connectivity index (χ2v) is 3.58. The number of rotatable bonds is 8. The predicted octanol–water partition coefficient (Wildman–Crippen LogP) is 2.62. The van der Waals surface area contributed by atoms with Crippen molar-refractivity contribution in [2.24, 2.45) is 4.99 Å². The molecule has 0 rings (SSSR count). The number of ketones is 2. The molecule has 98 valence electrons. The fraction of sp³-hybridized carbons (Fsp3) is 0.357. The smallest absolute Gasteiger partial charge is 0.188 e. The molecule has 4 heteroatoms. The van der Waals surface area contributed by atoms with Crippen LogP contribution >= 0.6 is 0 Å². The van der Waals surface area contributed by atoms with Gasteiger partial charge in [-0.2, -0.15) is 0 Å². The molecule has 0 heterocycles. The van der Waals surface area contributed by atoms with E-state index in [1.54, 1.807) is 13.8 Å². The van der Waals surface area contributed by atoms with Gasteiger partial charge in [0.25, 0.3) is 0 Å². The molecule has 0 aromatic heterocycles. The lowest BCUT2D eigenvalue weighted by Crippen LogP contribution is -2.10. The fourth-order valence-corrected chi connectivity index (χ4v) is 1.16. The van der Waals surface area contributed by atoms with Crippen molar-refractivity contribution < 1.29 is 14.3 Å². The highest BCUT2D eigenvalue weighted by Gasteiger charge is 2.13. The number of ether oxygens (including phenoxy) is 1. The molecule has 0 aromatic carbocycles. The van der Waals surface area contributed by atoms with E-state index in [2.05, 4.69) is 18.2 Å². The Labute approximate surface area is 108 Å². The van der Waals surface area contributed by atoms with E-state index in [9.17, 15) is 9.59 Å². The molecule has 18 heavy (non-hydrogen) atoms. The van der Waals surface area contributed by atoms with Crippen molar-refractivity contribution in [1.82, 2.24) is 0 Å². The quantitative estimate of drug-likeness (QED) is 0.218. The molecule has 4 nitrogen and oxygen atoms in total. The van der Waals surface area contributed by atoms with Gasteiger partial charge in [0.2, 0.25) is 0 Å². The van der Waals surface area contributed by atoms with Gasteiger partial charge in [-0.15, -0.1) is 0 Å². The summed E-state index contributed by atoms with van der Waals surface area (Å²) in [5, 5.41) is 0. The molecule has 0 aliphatic rings. The molecule has 0 radical (unpaired) electrons. The molecule has 0 amide bonds. The summed E-state index contributed by atoms with van der Waals surface area (Å²) in [6.45, 7) is 12.7. The minimum Gasteiger partial charge on any atom is -0.495 e. The van der Waals surface area contributed by atoms with E-state index in [-0.39, 0.29) is 23.7 Å². The Balaban J connectivity index is 4.54. The van der Waals surface area contributed by atoms with Crippen molar-refractivity contribution >= 4 is 17.8 Å². The molecule has 0 unspecified atom stereocenters. The van der Waals surface area contributed by atoms with Gasteiger partial charge in [-0.1, -0.05) is 13.2 Å². The molecule has 0 atom stereocenters. The van der Waals surface area contributed by atoms with Gasteiger partial charge in [0.1, 0.15) is 5.76 Å². The van der Waals surface area contributed by atoms with Gasteiger partial charge in [0.15, 0.2) is 11.6 Å². The largest absolute Gasteiger partial charge is 0.495 e. The van der Waals surface area contributed by atoms with Crippen LogP contribution in [-0.4, -0.2) is 24.4 Å². The summed E-state index contributed by atoms with van der Waals surface area (Å²) in [5.74, 6) is -0.262. The number of Topliss-reactive ketones (excluding diaryl/α,β-unsaturated/α-hetero) is 2. The highest BCUT2D eigenvalue weighted by Crippen LogP contribution is 2.08. The Kier molecular flexibility index (Phi) is 7.28. The highest BCUT2D eigenvalue weighted by atomic mass is 16.5. The fourth-order valence-electron chi connectivity index (χ4n) is 1.16. The predicted molar refractivity (Wildman–Crippen MR) is 72.5 cm³/mol. The van der Waals surface area contributed by atoms with Gasteiger partial charge in [-0.05, 0) is 32.4 Å². The van der Waals surface area contributed by atoms with Crippen LogP contribution in [0.4, 0.5) is 0 Å². The number of allylic oxidation sites excluding steroid dienone is 3. The van der Waals surface area contributed by atoms with Crippen molar-refractivity contribution in [3.8, 4) is 0 Å². The average molecular weight is 249 g/mol. The molecule has 0 N–H and O–H groups in total. The molecular formula is C14H19NO3. The number of hydrogen-bond donors (Lipinski definition) is 0. The summed E-state index contributed by atoms with van der Waals surface area (Å²) in [6, 6.07) is 0. The summed E-state index contributed by atoms with van der Waals surface area (Å²) in [4.78, 5) is 27.0. The van der Waals surface area contributed by atoms with E-state index in [1.165, 1.54) is 12.3 Å². The molecule has 0 saturated carbocycles. The third-order valence-corrected chi connectivity index (χ3v) is 2.07. The third kappa shape index (κ3) is 5.94. The lowest BCUT2D eigenvalue weighted by molar-refractivity contribution is -0.123. The van der Waals surface area contributed by atoms with E-state index >= 15 is 0 Å². The van der Waals surface area contributed by atoms with Crippen LogP contribution in [0.3, 0.4) is 0 Å². The van der Waals surface area contributed by atoms with Crippen molar-refractivity contribution in [2.45, 2.75) is 27.2 Å². The first-order chi connectivity index (χ1) is 8.42. The first kappa shape index (κ1) is 16.0. The summed E-state index contributed by atoms with van der Waals surface area (Å²) in [6.07, 6.45) is 2.74. The third-order valence-electron chi connectivity index (χ3n) is 2.07. The van der Waals surface area contributed by atoms with Gasteiger partial charge in [-0.3, -0.25) is 14.6 Å². The normalized spacial score (nSPS) is 11.4. The second-order valence-electron chi connectivity index (χ2n) is 3.58. The Morgan fingerprint density at radius 3 is 2.39 bits per heavy atom. The minimum atomic E-state index is -0.382. The molecule has 0 fully saturated rings. The first-order valence-electron chi connectivity index (χ1n) is 5.66. The molecule has 0 aliphatic heterocycles. The maximum absolute atomic E-state index is 11.7. The first-order valence-corrected chi connectivity index (χ1v) is 5.66. The van der Waals surface area contributed by atoms with Crippen LogP contribution in [0.1, 0.15) is 27.2 Å². The zero-order chi connectivity index (χ0) is 14.1. The molecule has 0 spiro atoms. The van der Waals surface area contributed by atoms with Gasteiger partial charge in [0.05, 0.1) is 18.7 Å². The number of nitrogens with zero attached hydrogens (tertiary/aromatic N) is 1. The monoisotopic (exact) mass is 249 g/mol. The van der Waals surface area contributed by atoms with E-state index in [1.807, 2.05) is 6.92 Å². The topological polar surface area (TPSA) is 55.7 Å². The highest BCUT2D eigenvalue weighted by molar-refractivity contribution is 6.12. The van der Waals surface area contributed by atoms with Crippen LogP contribution in [0, 0.1) is 0 Å². The zero-order valence-corrected chi connectivity index (χ0v) is 11.2. The Hall–Kier alpha value is -1.97. The van der Waals surface area contributed by atoms with E-state index in [0.29, 0.717) is 17.9 Å². The lowest BCUT2D eigenvalue weighted by Gasteiger charge is -2.04. The van der Waals surface area contributed by atoms with Crippen LogP contribution < -0.4 is 0 Å². The summed E-state index contributed by atoms with van der Waals surface area (Å²) >= 11 is 0.